The fraction of sp³-hybridized carbons (Fsp3) is 0.476. The van der Waals surface area contributed by atoms with Crippen molar-refractivity contribution in [1.82, 2.24) is 16.0 Å². The predicted octanol–water partition coefficient (Wildman–Crippen LogP) is -1.44. The number of carbonyl (C=O) groups is 5. The van der Waals surface area contributed by atoms with Gasteiger partial charge in [0.25, 0.3) is 0 Å². The molecule has 0 aromatic heterocycles. The number of amides is 4. The first-order valence-electron chi connectivity index (χ1n) is 10.3. The smallest absolute Gasteiger partial charge is 0.326 e. The minimum Gasteiger partial charge on any atom is -0.480 e. The van der Waals surface area contributed by atoms with Crippen LogP contribution in [0.1, 0.15) is 25.8 Å². The van der Waals surface area contributed by atoms with Crippen LogP contribution in [-0.4, -0.2) is 64.6 Å². The number of carboxylic acid groups (broad SMARTS) is 1. The molecular formula is C21H31N5O6S. The van der Waals surface area contributed by atoms with E-state index in [4.69, 9.17) is 11.5 Å². The maximum atomic E-state index is 12.7. The van der Waals surface area contributed by atoms with Crippen molar-refractivity contribution in [2.45, 2.75) is 50.9 Å². The van der Waals surface area contributed by atoms with Crippen molar-refractivity contribution >= 4 is 42.2 Å². The van der Waals surface area contributed by atoms with E-state index < -0.39 is 66.1 Å². The van der Waals surface area contributed by atoms with E-state index in [0.29, 0.717) is 0 Å². The Morgan fingerprint density at radius 1 is 0.939 bits per heavy atom. The lowest BCUT2D eigenvalue weighted by atomic mass is 10.0. The van der Waals surface area contributed by atoms with Crippen molar-refractivity contribution in [3.63, 3.8) is 0 Å². The van der Waals surface area contributed by atoms with Crippen molar-refractivity contribution in [3.8, 4) is 0 Å². The second-order valence-electron chi connectivity index (χ2n) is 7.84. The summed E-state index contributed by atoms with van der Waals surface area (Å²) in [6, 6.07) is 4.21. The SMILES string of the molecule is CC(C)C(NC(=O)C(CS)NC(=O)C(CC(N)=O)NC(=O)C(N)Cc1ccccc1)C(=O)O. The molecule has 33 heavy (non-hydrogen) atoms. The fourth-order valence-corrected chi connectivity index (χ4v) is 3.14. The molecule has 4 amide bonds. The highest BCUT2D eigenvalue weighted by Crippen LogP contribution is 2.05. The fourth-order valence-electron chi connectivity index (χ4n) is 2.88. The Kier molecular flexibility index (Phi) is 11.4. The second kappa shape index (κ2) is 13.4. The normalized spacial score (nSPS) is 14.5. The minimum atomic E-state index is -1.38. The number of carboxylic acids is 1. The van der Waals surface area contributed by atoms with E-state index in [0.717, 1.165) is 5.56 Å². The number of hydrogen-bond donors (Lipinski definition) is 7. The van der Waals surface area contributed by atoms with Crippen LogP contribution in [0.25, 0.3) is 0 Å². The molecule has 0 radical (unpaired) electrons. The van der Waals surface area contributed by atoms with Crippen molar-refractivity contribution in [1.29, 1.82) is 0 Å². The number of nitrogens with one attached hydrogen (secondary N) is 3. The Balaban J connectivity index is 2.85. The van der Waals surface area contributed by atoms with Gasteiger partial charge in [-0.1, -0.05) is 44.2 Å². The Labute approximate surface area is 197 Å². The van der Waals surface area contributed by atoms with Crippen LogP contribution in [0, 0.1) is 5.92 Å². The molecule has 182 valence electrons. The summed E-state index contributed by atoms with van der Waals surface area (Å²) >= 11 is 4.03. The maximum absolute atomic E-state index is 12.7. The van der Waals surface area contributed by atoms with Gasteiger partial charge in [-0.25, -0.2) is 4.79 Å². The van der Waals surface area contributed by atoms with Crippen LogP contribution in [0.2, 0.25) is 0 Å². The first kappa shape index (κ1) is 27.9. The van der Waals surface area contributed by atoms with Crippen molar-refractivity contribution in [2.75, 3.05) is 5.75 Å². The number of nitrogens with two attached hydrogens (primary N) is 2. The number of hydrogen-bond acceptors (Lipinski definition) is 7. The van der Waals surface area contributed by atoms with Gasteiger partial charge in [0.05, 0.1) is 12.5 Å². The van der Waals surface area contributed by atoms with Gasteiger partial charge in [0.1, 0.15) is 18.1 Å². The second-order valence-corrected chi connectivity index (χ2v) is 8.21. The maximum Gasteiger partial charge on any atom is 0.326 e. The molecule has 0 saturated carbocycles. The van der Waals surface area contributed by atoms with Crippen LogP contribution in [0.3, 0.4) is 0 Å². The lowest BCUT2D eigenvalue weighted by molar-refractivity contribution is -0.143. The molecule has 1 aromatic rings. The third-order valence-electron chi connectivity index (χ3n) is 4.72. The van der Waals surface area contributed by atoms with Gasteiger partial charge in [-0.05, 0) is 17.9 Å². The summed E-state index contributed by atoms with van der Waals surface area (Å²) in [4.78, 5) is 60.5. The molecule has 0 bridgehead atoms. The quantitative estimate of drug-likeness (QED) is 0.168. The van der Waals surface area contributed by atoms with Gasteiger partial charge in [-0.3, -0.25) is 19.2 Å². The molecule has 4 unspecified atom stereocenters. The van der Waals surface area contributed by atoms with Gasteiger partial charge in [-0.15, -0.1) is 0 Å². The number of aliphatic carboxylic acids is 1. The molecule has 12 heteroatoms. The molecule has 1 aromatic carbocycles. The van der Waals surface area contributed by atoms with Crippen molar-refractivity contribution in [2.24, 2.45) is 17.4 Å². The van der Waals surface area contributed by atoms with Gasteiger partial charge in [-0.2, -0.15) is 12.6 Å². The summed E-state index contributed by atoms with van der Waals surface area (Å²) in [6.07, 6.45) is -0.328. The molecule has 1 rings (SSSR count). The summed E-state index contributed by atoms with van der Waals surface area (Å²) in [5, 5.41) is 16.3. The van der Waals surface area contributed by atoms with Crippen LogP contribution in [-0.2, 0) is 30.4 Å². The van der Waals surface area contributed by atoms with Gasteiger partial charge >= 0.3 is 5.97 Å². The van der Waals surface area contributed by atoms with E-state index in [1.807, 2.05) is 6.07 Å². The van der Waals surface area contributed by atoms with Crippen molar-refractivity contribution < 1.29 is 29.1 Å². The highest BCUT2D eigenvalue weighted by atomic mass is 32.1. The Morgan fingerprint density at radius 2 is 1.48 bits per heavy atom. The molecule has 0 saturated heterocycles. The van der Waals surface area contributed by atoms with Gasteiger partial charge in [0.2, 0.25) is 23.6 Å². The predicted molar refractivity (Wildman–Crippen MR) is 124 cm³/mol. The van der Waals surface area contributed by atoms with Gasteiger partial charge in [0, 0.05) is 5.75 Å². The zero-order valence-electron chi connectivity index (χ0n) is 18.5. The van der Waals surface area contributed by atoms with Gasteiger partial charge < -0.3 is 32.5 Å². The average molecular weight is 482 g/mol. The van der Waals surface area contributed by atoms with Crippen LogP contribution in [0.5, 0.6) is 0 Å². The molecule has 0 spiro atoms. The first-order valence-corrected chi connectivity index (χ1v) is 10.9. The van der Waals surface area contributed by atoms with Crippen molar-refractivity contribution in [3.05, 3.63) is 35.9 Å². The van der Waals surface area contributed by atoms with Crippen LogP contribution < -0.4 is 27.4 Å². The monoisotopic (exact) mass is 481 g/mol. The van der Waals surface area contributed by atoms with Gasteiger partial charge in [0.15, 0.2) is 0 Å². The summed E-state index contributed by atoms with van der Waals surface area (Å²) in [5.74, 6) is -4.97. The molecule has 4 atom stereocenters. The minimum absolute atomic E-state index is 0.160. The summed E-state index contributed by atoms with van der Waals surface area (Å²) in [6.45, 7) is 3.23. The van der Waals surface area contributed by atoms with Crippen LogP contribution in [0.4, 0.5) is 0 Å². The molecular weight excluding hydrogens is 450 g/mol. The largest absolute Gasteiger partial charge is 0.480 e. The Morgan fingerprint density at radius 3 is 1.97 bits per heavy atom. The lowest BCUT2D eigenvalue weighted by Crippen LogP contribution is -2.58. The van der Waals surface area contributed by atoms with E-state index in [-0.39, 0.29) is 12.2 Å². The molecule has 0 heterocycles. The first-order chi connectivity index (χ1) is 15.5. The van der Waals surface area contributed by atoms with E-state index in [1.54, 1.807) is 38.1 Å². The standard InChI is InChI=1S/C21H31N5O6S/c1-11(2)17(21(31)32)26-20(30)15(10-33)25-19(29)14(9-16(23)27)24-18(28)13(22)8-12-6-4-3-5-7-12/h3-7,11,13-15,17,33H,8-10,22H2,1-2H3,(H2,23,27)(H,24,28)(H,25,29)(H,26,30)(H,31,32). The lowest BCUT2D eigenvalue weighted by Gasteiger charge is -2.25. The van der Waals surface area contributed by atoms with E-state index in [9.17, 15) is 29.1 Å². The number of carbonyl (C=O) groups excluding carboxylic acids is 4. The Hall–Kier alpha value is -3.12. The van der Waals surface area contributed by atoms with E-state index >= 15 is 0 Å². The molecule has 0 aliphatic heterocycles. The van der Waals surface area contributed by atoms with E-state index in [1.165, 1.54) is 0 Å². The average Bonchev–Trinajstić information content (AvgIpc) is 2.74. The van der Waals surface area contributed by atoms with Crippen LogP contribution in [0.15, 0.2) is 30.3 Å². The van der Waals surface area contributed by atoms with E-state index in [2.05, 4.69) is 28.6 Å². The number of thiol groups is 1. The number of primary amides is 1. The number of benzene rings is 1. The number of rotatable bonds is 13. The third-order valence-corrected chi connectivity index (χ3v) is 5.08. The molecule has 8 N–H and O–H groups in total. The molecule has 0 aliphatic rings. The topological polar surface area (TPSA) is 194 Å². The zero-order chi connectivity index (χ0) is 25.1. The highest BCUT2D eigenvalue weighted by Gasteiger charge is 2.31. The zero-order valence-corrected chi connectivity index (χ0v) is 19.4. The molecule has 0 fully saturated rings. The third kappa shape index (κ3) is 9.49. The molecule has 0 aliphatic carbocycles. The Bertz CT molecular complexity index is 851. The summed E-state index contributed by atoms with van der Waals surface area (Å²) in [7, 11) is 0. The molecule has 11 nitrogen and oxygen atoms in total. The highest BCUT2D eigenvalue weighted by molar-refractivity contribution is 7.80. The summed E-state index contributed by atoms with van der Waals surface area (Å²) < 4.78 is 0. The summed E-state index contributed by atoms with van der Waals surface area (Å²) in [5.41, 5.74) is 11.9. The van der Waals surface area contributed by atoms with Crippen LogP contribution >= 0.6 is 12.6 Å².